The van der Waals surface area contributed by atoms with Crippen molar-refractivity contribution in [2.24, 2.45) is 0 Å². The number of carbonyl (C=O) groups excluding carboxylic acids is 2. The molecule has 0 aromatic carbocycles. The van der Waals surface area contributed by atoms with Gasteiger partial charge in [0.25, 0.3) is 0 Å². The Balaban J connectivity index is 2.12. The van der Waals surface area contributed by atoms with E-state index in [1.807, 2.05) is 6.92 Å². The first kappa shape index (κ1) is 14.4. The van der Waals surface area contributed by atoms with Crippen molar-refractivity contribution in [1.29, 1.82) is 0 Å². The lowest BCUT2D eigenvalue weighted by Gasteiger charge is -2.16. The summed E-state index contributed by atoms with van der Waals surface area (Å²) in [6.45, 7) is 3.22. The fraction of sp³-hybridized carbons (Fsp3) is 0.375. The molecule has 3 nitrogen and oxygen atoms in total. The second-order valence-corrected chi connectivity index (χ2v) is 5.11. The second kappa shape index (κ2) is 5.57. The molecule has 1 unspecified atom stereocenters. The topological polar surface area (TPSA) is 43.4 Å². The Hall–Kier alpha value is -1.97. The van der Waals surface area contributed by atoms with Crippen LogP contribution in [-0.4, -0.2) is 17.4 Å². The van der Waals surface area contributed by atoms with Gasteiger partial charge in [0.05, 0.1) is 5.57 Å². The molecule has 0 spiro atoms. The summed E-state index contributed by atoms with van der Waals surface area (Å²) < 4.78 is 19.2. The molecule has 0 bridgehead atoms. The van der Waals surface area contributed by atoms with Crippen molar-refractivity contribution in [3.63, 3.8) is 0 Å². The van der Waals surface area contributed by atoms with Crippen LogP contribution in [0.15, 0.2) is 47.3 Å². The lowest BCUT2D eigenvalue weighted by molar-refractivity contribution is -0.132. The van der Waals surface area contributed by atoms with E-state index in [0.717, 1.165) is 12.5 Å². The lowest BCUT2D eigenvalue weighted by atomic mass is 9.95. The third-order valence-electron chi connectivity index (χ3n) is 3.40. The number of alkyl halides is 1. The maximum atomic E-state index is 14.2. The molecule has 0 amide bonds. The van der Waals surface area contributed by atoms with Crippen molar-refractivity contribution >= 4 is 11.8 Å². The fourth-order valence-corrected chi connectivity index (χ4v) is 2.10. The summed E-state index contributed by atoms with van der Waals surface area (Å²) in [4.78, 5) is 23.5. The molecule has 2 aliphatic rings. The van der Waals surface area contributed by atoms with Gasteiger partial charge in [-0.15, -0.1) is 0 Å². The first-order chi connectivity index (χ1) is 9.45. The molecule has 0 saturated carbocycles. The van der Waals surface area contributed by atoms with E-state index in [1.54, 1.807) is 18.2 Å². The van der Waals surface area contributed by atoms with E-state index in [4.69, 9.17) is 4.74 Å². The van der Waals surface area contributed by atoms with Crippen molar-refractivity contribution in [3.8, 4) is 0 Å². The molecular formula is C16H17FO3. The Kier molecular flexibility index (Phi) is 4.02. The number of allylic oxidation sites excluding steroid dienone is 4. The zero-order valence-electron chi connectivity index (χ0n) is 11.6. The molecule has 1 aliphatic heterocycles. The van der Waals surface area contributed by atoms with E-state index in [-0.39, 0.29) is 6.42 Å². The molecule has 0 aromatic heterocycles. The highest BCUT2D eigenvalue weighted by Crippen LogP contribution is 2.31. The molecule has 0 aromatic rings. The van der Waals surface area contributed by atoms with Crippen molar-refractivity contribution in [2.75, 3.05) is 0 Å². The van der Waals surface area contributed by atoms with Crippen LogP contribution in [0.5, 0.6) is 0 Å². The molecular weight excluding hydrogens is 259 g/mol. The number of rotatable bonds is 6. The molecule has 1 atom stereocenters. The maximum absolute atomic E-state index is 14.2. The number of halogens is 1. The van der Waals surface area contributed by atoms with Gasteiger partial charge >= 0.3 is 5.97 Å². The van der Waals surface area contributed by atoms with Crippen molar-refractivity contribution < 1.29 is 18.7 Å². The van der Waals surface area contributed by atoms with Gasteiger partial charge in [0, 0.05) is 5.57 Å². The quantitative estimate of drug-likeness (QED) is 0.552. The molecule has 4 heteroatoms. The second-order valence-electron chi connectivity index (χ2n) is 5.11. The zero-order chi connectivity index (χ0) is 14.8. The average molecular weight is 276 g/mol. The van der Waals surface area contributed by atoms with E-state index >= 15 is 0 Å². The normalized spacial score (nSPS) is 20.1. The summed E-state index contributed by atoms with van der Waals surface area (Å²) >= 11 is 0. The number of hydrogen-bond donors (Lipinski definition) is 0. The van der Waals surface area contributed by atoms with Crippen LogP contribution in [0.4, 0.5) is 4.39 Å². The van der Waals surface area contributed by atoms with Gasteiger partial charge in [-0.1, -0.05) is 31.9 Å². The number of hydrogen-bond acceptors (Lipinski definition) is 3. The third kappa shape index (κ3) is 2.79. The van der Waals surface area contributed by atoms with Crippen molar-refractivity contribution in [1.82, 2.24) is 0 Å². The summed E-state index contributed by atoms with van der Waals surface area (Å²) in [5.74, 6) is -0.642. The van der Waals surface area contributed by atoms with Gasteiger partial charge < -0.3 is 4.74 Å². The van der Waals surface area contributed by atoms with Crippen molar-refractivity contribution in [3.05, 3.63) is 47.3 Å². The van der Waals surface area contributed by atoms with E-state index in [0.29, 0.717) is 23.3 Å². The largest absolute Gasteiger partial charge is 0.422 e. The minimum absolute atomic E-state index is 0.189. The predicted octanol–water partition coefficient (Wildman–Crippen LogP) is 3.34. The molecule has 0 N–H and O–H groups in total. The van der Waals surface area contributed by atoms with Gasteiger partial charge in [-0.05, 0) is 31.6 Å². The number of ketones is 1. The summed E-state index contributed by atoms with van der Waals surface area (Å²) in [7, 11) is 0. The van der Waals surface area contributed by atoms with E-state index < -0.39 is 17.4 Å². The van der Waals surface area contributed by atoms with Gasteiger partial charge in [0.2, 0.25) is 0 Å². The summed E-state index contributed by atoms with van der Waals surface area (Å²) in [6, 6.07) is 0. The molecule has 1 aliphatic carbocycles. The Morgan fingerprint density at radius 3 is 2.95 bits per heavy atom. The van der Waals surface area contributed by atoms with E-state index in [9.17, 15) is 14.0 Å². The summed E-state index contributed by atoms with van der Waals surface area (Å²) in [6.07, 6.45) is 9.32. The Morgan fingerprint density at radius 1 is 1.50 bits per heavy atom. The lowest BCUT2D eigenvalue weighted by Crippen LogP contribution is -2.28. The van der Waals surface area contributed by atoms with Crippen LogP contribution in [0.3, 0.4) is 0 Å². The van der Waals surface area contributed by atoms with Crippen LogP contribution in [0.25, 0.3) is 0 Å². The minimum Gasteiger partial charge on any atom is -0.422 e. The summed E-state index contributed by atoms with van der Waals surface area (Å²) in [5.41, 5.74) is -0.942. The average Bonchev–Trinajstić information content (AvgIpc) is 2.94. The van der Waals surface area contributed by atoms with Crippen LogP contribution >= 0.6 is 0 Å². The highest BCUT2D eigenvalue weighted by Gasteiger charge is 2.32. The number of unbranched alkanes of at least 4 members (excludes halogenated alkanes) is 1. The monoisotopic (exact) mass is 276 g/mol. The Bertz CT molecular complexity index is 562. The molecule has 2 rings (SSSR count). The Morgan fingerprint density at radius 2 is 2.25 bits per heavy atom. The molecule has 0 radical (unpaired) electrons. The van der Waals surface area contributed by atoms with Crippen LogP contribution in [-0.2, 0) is 14.3 Å². The Labute approximate surface area is 117 Å². The number of ether oxygens (including phenoxy) is 1. The first-order valence-electron chi connectivity index (χ1n) is 6.72. The van der Waals surface area contributed by atoms with Crippen molar-refractivity contribution in [2.45, 2.75) is 38.8 Å². The van der Waals surface area contributed by atoms with Crippen LogP contribution in [0.1, 0.15) is 33.1 Å². The van der Waals surface area contributed by atoms with Gasteiger partial charge in [-0.2, -0.15) is 0 Å². The minimum atomic E-state index is -1.88. The number of carbonyl (C=O) groups is 2. The van der Waals surface area contributed by atoms with Crippen LogP contribution < -0.4 is 0 Å². The van der Waals surface area contributed by atoms with E-state index in [2.05, 4.69) is 0 Å². The maximum Gasteiger partial charge on any atom is 0.344 e. The molecule has 20 heavy (non-hydrogen) atoms. The highest BCUT2D eigenvalue weighted by atomic mass is 19.1. The van der Waals surface area contributed by atoms with Gasteiger partial charge in [0.1, 0.15) is 5.76 Å². The van der Waals surface area contributed by atoms with Gasteiger partial charge in [-0.25, -0.2) is 9.18 Å². The van der Waals surface area contributed by atoms with E-state index in [1.165, 1.54) is 13.0 Å². The first-order valence-corrected chi connectivity index (χ1v) is 6.72. The smallest absolute Gasteiger partial charge is 0.344 e. The zero-order valence-corrected chi connectivity index (χ0v) is 11.6. The molecule has 1 heterocycles. The number of esters is 1. The molecule has 106 valence electrons. The predicted molar refractivity (Wildman–Crippen MR) is 73.5 cm³/mol. The fourth-order valence-electron chi connectivity index (χ4n) is 2.10. The summed E-state index contributed by atoms with van der Waals surface area (Å²) in [5, 5.41) is 0. The molecule has 0 saturated heterocycles. The highest BCUT2D eigenvalue weighted by molar-refractivity contribution is 6.02. The van der Waals surface area contributed by atoms with Gasteiger partial charge in [0.15, 0.2) is 11.5 Å². The standard InChI is InChI=1S/C16H17FO3/c1-3-4-10-16(2,17)14(18)9-8-12-11-6-5-7-13(11)20-15(12)19/h5-9H,3-4,10H2,1-2H3/b9-8+. The number of fused-ring (bicyclic) bond motifs is 1. The third-order valence-corrected chi connectivity index (χ3v) is 3.40. The van der Waals surface area contributed by atoms with Crippen LogP contribution in [0.2, 0.25) is 0 Å². The molecule has 0 fully saturated rings. The SMILES string of the molecule is CCCCC(C)(F)C(=O)/C=C/C1=C2C=CC=C2OC1=O. The van der Waals surface area contributed by atoms with Crippen LogP contribution in [0, 0.1) is 0 Å². The van der Waals surface area contributed by atoms with Gasteiger partial charge in [-0.3, -0.25) is 4.79 Å².